The molecule has 7 rings (SSSR count). The van der Waals surface area contributed by atoms with Crippen LogP contribution in [0.25, 0.3) is 22.4 Å². The molecule has 0 spiro atoms. The van der Waals surface area contributed by atoms with E-state index in [9.17, 15) is 4.79 Å². The van der Waals surface area contributed by atoms with E-state index in [1.54, 1.807) is 23.7 Å². The SMILES string of the molecule is Cn1c(-c2cccc(N3CCc4sc(C(=O)N5CCN(c6ncccn6)CC5)cc4C3)c2)nc2ccccc21. The van der Waals surface area contributed by atoms with Crippen LogP contribution in [0.3, 0.4) is 0 Å². The van der Waals surface area contributed by atoms with Crippen molar-refractivity contribution in [3.8, 4) is 11.4 Å². The summed E-state index contributed by atoms with van der Waals surface area (Å²) in [5.41, 5.74) is 5.69. The number of thiophene rings is 1. The van der Waals surface area contributed by atoms with Gasteiger partial charge < -0.3 is 19.3 Å². The van der Waals surface area contributed by atoms with Gasteiger partial charge in [-0.2, -0.15) is 0 Å². The zero-order valence-corrected chi connectivity index (χ0v) is 22.6. The lowest BCUT2D eigenvalue weighted by atomic mass is 10.1. The molecule has 0 aliphatic carbocycles. The fraction of sp³-hybridized carbons (Fsp3) is 0.267. The molecular formula is C30H29N7OS. The number of hydrogen-bond acceptors (Lipinski definition) is 7. The number of aromatic nitrogens is 4. The predicted molar refractivity (Wildman–Crippen MR) is 155 cm³/mol. The molecular weight excluding hydrogens is 506 g/mol. The Morgan fingerprint density at radius 2 is 1.69 bits per heavy atom. The van der Waals surface area contributed by atoms with Crippen molar-refractivity contribution in [2.45, 2.75) is 13.0 Å². The fourth-order valence-electron chi connectivity index (χ4n) is 5.62. The van der Waals surface area contributed by atoms with E-state index in [0.29, 0.717) is 13.1 Å². The number of carbonyl (C=O) groups is 1. The molecule has 0 radical (unpaired) electrons. The molecule has 39 heavy (non-hydrogen) atoms. The van der Waals surface area contributed by atoms with E-state index in [2.05, 4.69) is 79.9 Å². The Kier molecular flexibility index (Phi) is 6.00. The number of para-hydroxylation sites is 2. The predicted octanol–water partition coefficient (Wildman–Crippen LogP) is 4.62. The van der Waals surface area contributed by atoms with Crippen molar-refractivity contribution >= 4 is 39.9 Å². The highest BCUT2D eigenvalue weighted by atomic mass is 32.1. The van der Waals surface area contributed by atoms with Gasteiger partial charge in [0.15, 0.2) is 0 Å². The second-order valence-corrected chi connectivity index (χ2v) is 11.2. The first-order chi connectivity index (χ1) is 19.1. The van der Waals surface area contributed by atoms with Crippen LogP contribution in [0.4, 0.5) is 11.6 Å². The van der Waals surface area contributed by atoms with Crippen LogP contribution in [0.5, 0.6) is 0 Å². The summed E-state index contributed by atoms with van der Waals surface area (Å²) < 4.78 is 2.16. The first-order valence-electron chi connectivity index (χ1n) is 13.3. The lowest BCUT2D eigenvalue weighted by Gasteiger charge is -2.34. The lowest BCUT2D eigenvalue weighted by Crippen LogP contribution is -2.49. The zero-order valence-electron chi connectivity index (χ0n) is 21.8. The van der Waals surface area contributed by atoms with Crippen LogP contribution in [0, 0.1) is 0 Å². The molecule has 1 saturated heterocycles. The zero-order chi connectivity index (χ0) is 26.3. The van der Waals surface area contributed by atoms with Gasteiger partial charge >= 0.3 is 0 Å². The minimum Gasteiger partial charge on any atom is -0.367 e. The molecule has 1 amide bonds. The molecule has 2 aliphatic heterocycles. The van der Waals surface area contributed by atoms with E-state index in [1.807, 2.05) is 17.0 Å². The first-order valence-corrected chi connectivity index (χ1v) is 14.2. The van der Waals surface area contributed by atoms with Gasteiger partial charge in [-0.3, -0.25) is 4.79 Å². The van der Waals surface area contributed by atoms with Gasteiger partial charge in [0.25, 0.3) is 5.91 Å². The van der Waals surface area contributed by atoms with Crippen LogP contribution in [-0.2, 0) is 20.0 Å². The molecule has 0 saturated carbocycles. The van der Waals surface area contributed by atoms with Gasteiger partial charge in [-0.15, -0.1) is 11.3 Å². The number of aryl methyl sites for hydroxylation is 1. The second kappa shape index (κ2) is 9.81. The van der Waals surface area contributed by atoms with Crippen LogP contribution >= 0.6 is 11.3 Å². The number of fused-ring (bicyclic) bond motifs is 2. The summed E-state index contributed by atoms with van der Waals surface area (Å²) in [5.74, 6) is 1.84. The van der Waals surface area contributed by atoms with Crippen LogP contribution < -0.4 is 9.80 Å². The number of rotatable bonds is 4. The van der Waals surface area contributed by atoms with Gasteiger partial charge in [0.1, 0.15) is 5.82 Å². The minimum absolute atomic E-state index is 0.137. The molecule has 3 aromatic heterocycles. The summed E-state index contributed by atoms with van der Waals surface area (Å²) >= 11 is 1.67. The molecule has 1 fully saturated rings. The van der Waals surface area contributed by atoms with Crippen molar-refractivity contribution in [2.24, 2.45) is 7.05 Å². The van der Waals surface area contributed by atoms with Crippen LogP contribution in [0.15, 0.2) is 73.1 Å². The standard InChI is InChI=1S/C30H29N7OS/c1-34-25-9-3-2-8-24(25)33-28(34)21-6-4-7-23(18-21)37-13-10-26-22(20-37)19-27(39-26)29(38)35-14-16-36(17-15-35)30-31-11-5-12-32-30/h2-9,11-12,18-19H,10,13-17,20H2,1H3. The normalized spacial score (nSPS) is 15.6. The van der Waals surface area contributed by atoms with Crippen LogP contribution in [-0.4, -0.2) is 63.0 Å². The molecule has 5 heterocycles. The van der Waals surface area contributed by atoms with Crippen molar-refractivity contribution < 1.29 is 4.79 Å². The van der Waals surface area contributed by atoms with Crippen molar-refractivity contribution in [3.05, 3.63) is 88.4 Å². The Balaban J connectivity index is 1.06. The molecule has 5 aromatic rings. The minimum atomic E-state index is 0.137. The third kappa shape index (κ3) is 4.42. The molecule has 2 aliphatic rings. The van der Waals surface area contributed by atoms with Gasteiger partial charge in [-0.1, -0.05) is 24.3 Å². The third-order valence-electron chi connectivity index (χ3n) is 7.74. The second-order valence-electron chi connectivity index (χ2n) is 10.1. The number of amides is 1. The summed E-state index contributed by atoms with van der Waals surface area (Å²) in [7, 11) is 2.07. The fourth-order valence-corrected chi connectivity index (χ4v) is 6.76. The molecule has 9 heteroatoms. The largest absolute Gasteiger partial charge is 0.367 e. The monoisotopic (exact) mass is 535 g/mol. The highest BCUT2D eigenvalue weighted by Gasteiger charge is 2.27. The smallest absolute Gasteiger partial charge is 0.264 e. The van der Waals surface area contributed by atoms with E-state index in [-0.39, 0.29) is 5.91 Å². The van der Waals surface area contributed by atoms with Crippen molar-refractivity contribution in [2.75, 3.05) is 42.5 Å². The maximum absolute atomic E-state index is 13.4. The van der Waals surface area contributed by atoms with Gasteiger partial charge in [-0.25, -0.2) is 15.0 Å². The summed E-state index contributed by atoms with van der Waals surface area (Å²) in [6.45, 7) is 4.60. The summed E-state index contributed by atoms with van der Waals surface area (Å²) in [5, 5.41) is 0. The molecule has 0 bridgehead atoms. The number of carbonyl (C=O) groups excluding carboxylic acids is 1. The van der Waals surface area contributed by atoms with Crippen molar-refractivity contribution in [1.82, 2.24) is 24.4 Å². The van der Waals surface area contributed by atoms with Crippen molar-refractivity contribution in [3.63, 3.8) is 0 Å². The van der Waals surface area contributed by atoms with Crippen LogP contribution in [0.2, 0.25) is 0 Å². The number of imidazole rings is 1. The number of hydrogen-bond donors (Lipinski definition) is 0. The van der Waals surface area contributed by atoms with E-state index >= 15 is 0 Å². The molecule has 2 aromatic carbocycles. The number of anilines is 2. The Morgan fingerprint density at radius 1 is 0.872 bits per heavy atom. The Morgan fingerprint density at radius 3 is 2.51 bits per heavy atom. The van der Waals surface area contributed by atoms with E-state index < -0.39 is 0 Å². The molecule has 196 valence electrons. The average Bonchev–Trinajstić information content (AvgIpc) is 3.58. The number of nitrogens with zero attached hydrogens (tertiary/aromatic N) is 7. The maximum Gasteiger partial charge on any atom is 0.264 e. The molecule has 0 N–H and O–H groups in total. The average molecular weight is 536 g/mol. The highest BCUT2D eigenvalue weighted by molar-refractivity contribution is 7.14. The maximum atomic E-state index is 13.4. The Labute approximate surface area is 231 Å². The summed E-state index contributed by atoms with van der Waals surface area (Å²) in [6.07, 6.45) is 4.47. The van der Waals surface area contributed by atoms with Gasteiger partial charge in [0, 0.05) is 74.8 Å². The summed E-state index contributed by atoms with van der Waals surface area (Å²) in [6, 6.07) is 20.8. The van der Waals surface area contributed by atoms with E-state index in [4.69, 9.17) is 4.98 Å². The quantitative estimate of drug-likeness (QED) is 0.335. The first kappa shape index (κ1) is 23.8. The topological polar surface area (TPSA) is 70.4 Å². The molecule has 0 atom stereocenters. The third-order valence-corrected chi connectivity index (χ3v) is 8.96. The van der Waals surface area contributed by atoms with Gasteiger partial charge in [0.05, 0.1) is 15.9 Å². The molecule has 8 nitrogen and oxygen atoms in total. The van der Waals surface area contributed by atoms with E-state index in [0.717, 1.165) is 65.8 Å². The Hall–Kier alpha value is -4.24. The highest BCUT2D eigenvalue weighted by Crippen LogP contribution is 2.33. The lowest BCUT2D eigenvalue weighted by molar-refractivity contribution is 0.0751. The Bertz CT molecular complexity index is 1650. The summed E-state index contributed by atoms with van der Waals surface area (Å²) in [4.78, 5) is 35.7. The molecule has 0 unspecified atom stereocenters. The van der Waals surface area contributed by atoms with Gasteiger partial charge in [-0.05, 0) is 48.4 Å². The van der Waals surface area contributed by atoms with Gasteiger partial charge in [0.2, 0.25) is 5.95 Å². The number of piperazine rings is 1. The van der Waals surface area contributed by atoms with Crippen molar-refractivity contribution in [1.29, 1.82) is 0 Å². The van der Waals surface area contributed by atoms with E-state index in [1.165, 1.54) is 16.1 Å². The number of benzene rings is 2. The van der Waals surface area contributed by atoms with Crippen LogP contribution in [0.1, 0.15) is 20.1 Å².